The highest BCUT2D eigenvalue weighted by molar-refractivity contribution is 5.74. The highest BCUT2D eigenvalue weighted by Gasteiger charge is 2.48. The Balaban J connectivity index is 2.15. The number of benzene rings is 1. The average molecular weight is 347 g/mol. The second-order valence-corrected chi connectivity index (χ2v) is 7.04. The van der Waals surface area contributed by atoms with E-state index >= 15 is 0 Å². The van der Waals surface area contributed by atoms with Gasteiger partial charge < -0.3 is 9.47 Å². The molecule has 0 bridgehead atoms. The number of rotatable bonds is 3. The van der Waals surface area contributed by atoms with Crippen molar-refractivity contribution >= 4 is 11.9 Å². The van der Waals surface area contributed by atoms with Crippen LogP contribution in [0.4, 0.5) is 0 Å². The zero-order valence-corrected chi connectivity index (χ0v) is 15.5. The summed E-state index contributed by atoms with van der Waals surface area (Å²) in [5.74, 6) is 0.753. The molecule has 1 saturated carbocycles. The molecule has 1 aliphatic heterocycles. The van der Waals surface area contributed by atoms with Gasteiger partial charge in [-0.25, -0.2) is 5.06 Å². The summed E-state index contributed by atoms with van der Waals surface area (Å²) in [4.78, 5) is 29.0. The van der Waals surface area contributed by atoms with Crippen LogP contribution < -0.4 is 9.47 Å². The van der Waals surface area contributed by atoms with Crippen LogP contribution in [-0.2, 0) is 14.4 Å². The predicted octanol–water partition coefficient (Wildman–Crippen LogP) is 3.38. The van der Waals surface area contributed by atoms with E-state index in [1.807, 2.05) is 19.9 Å². The van der Waals surface area contributed by atoms with Gasteiger partial charge in [-0.3, -0.25) is 14.4 Å². The van der Waals surface area contributed by atoms with E-state index < -0.39 is 0 Å². The van der Waals surface area contributed by atoms with Crippen LogP contribution in [0, 0.1) is 13.8 Å². The Morgan fingerprint density at radius 1 is 1.28 bits per heavy atom. The number of fused-ring (bicyclic) bond motifs is 1. The highest BCUT2D eigenvalue weighted by atomic mass is 16.7. The molecule has 1 amide bonds. The molecular weight excluding hydrogens is 322 g/mol. The summed E-state index contributed by atoms with van der Waals surface area (Å²) in [6, 6.07) is 1.64. The van der Waals surface area contributed by atoms with Gasteiger partial charge in [0.25, 0.3) is 0 Å². The number of nitrogens with zero attached hydrogens (tertiary/aromatic N) is 1. The van der Waals surface area contributed by atoms with Crippen LogP contribution in [0.1, 0.15) is 62.3 Å². The smallest absolute Gasteiger partial charge is 0.308 e. The lowest BCUT2D eigenvalue weighted by Gasteiger charge is -2.50. The van der Waals surface area contributed by atoms with Crippen molar-refractivity contribution in [3.8, 4) is 11.5 Å². The molecule has 136 valence electrons. The van der Waals surface area contributed by atoms with Gasteiger partial charge >= 0.3 is 5.97 Å². The van der Waals surface area contributed by atoms with Crippen LogP contribution in [0.5, 0.6) is 11.5 Å². The fourth-order valence-corrected chi connectivity index (χ4v) is 4.02. The summed E-state index contributed by atoms with van der Waals surface area (Å²) >= 11 is 0. The summed E-state index contributed by atoms with van der Waals surface area (Å²) in [7, 11) is 1.50. The Morgan fingerprint density at radius 2 is 1.96 bits per heavy atom. The van der Waals surface area contributed by atoms with Crippen molar-refractivity contribution in [2.75, 3.05) is 7.11 Å². The van der Waals surface area contributed by atoms with E-state index in [1.165, 1.54) is 26.0 Å². The molecule has 6 heteroatoms. The normalized spacial score (nSPS) is 20.3. The Kier molecular flexibility index (Phi) is 4.49. The minimum atomic E-state index is -0.370. The molecule has 0 saturated heterocycles. The third-order valence-corrected chi connectivity index (χ3v) is 5.24. The van der Waals surface area contributed by atoms with Crippen LogP contribution in [-0.4, -0.2) is 29.7 Å². The van der Waals surface area contributed by atoms with E-state index in [0.717, 1.165) is 41.7 Å². The third-order valence-electron chi connectivity index (χ3n) is 5.24. The van der Waals surface area contributed by atoms with Gasteiger partial charge in [0.2, 0.25) is 5.91 Å². The lowest BCUT2D eigenvalue weighted by Crippen LogP contribution is -2.50. The van der Waals surface area contributed by atoms with E-state index in [4.69, 9.17) is 14.3 Å². The van der Waals surface area contributed by atoms with Crippen molar-refractivity contribution in [3.05, 3.63) is 22.8 Å². The number of aryl methyl sites for hydroxylation is 1. The highest BCUT2D eigenvalue weighted by Crippen LogP contribution is 2.53. The fraction of sp³-hybridized carbons (Fsp3) is 0.579. The molecular formula is C19H25NO5. The summed E-state index contributed by atoms with van der Waals surface area (Å²) in [6.45, 7) is 6.66. The molecule has 25 heavy (non-hydrogen) atoms. The van der Waals surface area contributed by atoms with Crippen molar-refractivity contribution in [1.29, 1.82) is 0 Å². The quantitative estimate of drug-likeness (QED) is 0.476. The molecule has 1 spiro atoms. The summed E-state index contributed by atoms with van der Waals surface area (Å²) < 4.78 is 11.8. The zero-order valence-electron chi connectivity index (χ0n) is 15.5. The Bertz CT molecular complexity index is 723. The van der Waals surface area contributed by atoms with Crippen LogP contribution >= 0.6 is 0 Å². The van der Waals surface area contributed by atoms with Gasteiger partial charge in [-0.1, -0.05) is 0 Å². The topological polar surface area (TPSA) is 65.1 Å². The molecule has 1 aromatic carbocycles. The van der Waals surface area contributed by atoms with Crippen molar-refractivity contribution in [3.63, 3.8) is 0 Å². The number of carbonyl (C=O) groups excluding carboxylic acids is 2. The lowest BCUT2D eigenvalue weighted by molar-refractivity contribution is -0.198. The molecule has 1 unspecified atom stereocenters. The first kappa shape index (κ1) is 17.7. The molecule has 3 rings (SSSR count). The standard InChI is InChI=1S/C19H25NO5/c1-11-9-16-17(12(2)18(11)24-14(4)22)15(20(23-5)13(3)21)10-19(25-16)7-6-8-19/h9,15H,6-8,10H2,1-5H3. The molecule has 1 aromatic rings. The van der Waals surface area contributed by atoms with Gasteiger partial charge in [0.15, 0.2) is 0 Å². The monoisotopic (exact) mass is 347 g/mol. The number of hydrogen-bond acceptors (Lipinski definition) is 5. The molecule has 1 heterocycles. The van der Waals surface area contributed by atoms with E-state index in [-0.39, 0.29) is 23.5 Å². The van der Waals surface area contributed by atoms with E-state index in [2.05, 4.69) is 0 Å². The van der Waals surface area contributed by atoms with Gasteiger partial charge in [-0.2, -0.15) is 0 Å². The molecule has 1 atom stereocenters. The molecule has 6 nitrogen and oxygen atoms in total. The Hall–Kier alpha value is -2.08. The maximum absolute atomic E-state index is 12.1. The van der Waals surface area contributed by atoms with Crippen LogP contribution in [0.3, 0.4) is 0 Å². The zero-order chi connectivity index (χ0) is 18.4. The summed E-state index contributed by atoms with van der Waals surface area (Å²) in [5, 5.41) is 1.40. The Labute approximate surface area is 148 Å². The number of esters is 1. The maximum atomic E-state index is 12.1. The SMILES string of the molecule is CON(C(C)=O)C1CC2(CCC2)Oc2cc(C)c(OC(C)=O)c(C)c21. The average Bonchev–Trinajstić information content (AvgIpc) is 2.49. The van der Waals surface area contributed by atoms with Gasteiger partial charge in [0.05, 0.1) is 13.2 Å². The first-order valence-electron chi connectivity index (χ1n) is 8.63. The fourth-order valence-electron chi connectivity index (χ4n) is 4.02. The van der Waals surface area contributed by atoms with Gasteiger partial charge in [-0.15, -0.1) is 0 Å². The lowest BCUT2D eigenvalue weighted by atomic mass is 9.72. The predicted molar refractivity (Wildman–Crippen MR) is 91.3 cm³/mol. The van der Waals surface area contributed by atoms with Crippen LogP contribution in [0.2, 0.25) is 0 Å². The number of amides is 1. The van der Waals surface area contributed by atoms with Crippen LogP contribution in [0.15, 0.2) is 6.07 Å². The van der Waals surface area contributed by atoms with Crippen molar-refractivity contribution in [1.82, 2.24) is 5.06 Å². The summed E-state index contributed by atoms with van der Waals surface area (Å²) in [5.41, 5.74) is 2.28. The van der Waals surface area contributed by atoms with E-state index in [1.54, 1.807) is 0 Å². The molecule has 1 fully saturated rings. The van der Waals surface area contributed by atoms with E-state index in [0.29, 0.717) is 12.2 Å². The van der Waals surface area contributed by atoms with Gasteiger partial charge in [-0.05, 0) is 44.7 Å². The Morgan fingerprint density at radius 3 is 2.44 bits per heavy atom. The minimum Gasteiger partial charge on any atom is -0.487 e. The maximum Gasteiger partial charge on any atom is 0.308 e. The second-order valence-electron chi connectivity index (χ2n) is 7.04. The van der Waals surface area contributed by atoms with Crippen molar-refractivity contribution in [2.45, 2.75) is 65.0 Å². The number of ether oxygens (including phenoxy) is 2. The molecule has 2 aliphatic rings. The first-order valence-corrected chi connectivity index (χ1v) is 8.63. The van der Waals surface area contributed by atoms with Crippen molar-refractivity contribution in [2.24, 2.45) is 0 Å². The number of carbonyl (C=O) groups is 2. The molecule has 0 N–H and O–H groups in total. The van der Waals surface area contributed by atoms with Gasteiger partial charge in [0.1, 0.15) is 17.1 Å². The molecule has 0 radical (unpaired) electrons. The van der Waals surface area contributed by atoms with Crippen LogP contribution in [0.25, 0.3) is 0 Å². The largest absolute Gasteiger partial charge is 0.487 e. The van der Waals surface area contributed by atoms with E-state index in [9.17, 15) is 9.59 Å². The van der Waals surface area contributed by atoms with Gasteiger partial charge in [0, 0.05) is 31.4 Å². The van der Waals surface area contributed by atoms with Crippen molar-refractivity contribution < 1.29 is 23.9 Å². The number of hydrogen-bond donors (Lipinski definition) is 0. The second kappa shape index (κ2) is 6.33. The minimum absolute atomic E-state index is 0.163. The molecule has 1 aliphatic carbocycles. The molecule has 0 aromatic heterocycles. The summed E-state index contributed by atoms with van der Waals surface area (Å²) in [6.07, 6.45) is 3.75. The number of hydroxylamine groups is 2. The third kappa shape index (κ3) is 2.99. The first-order chi connectivity index (χ1) is 11.8.